The van der Waals surface area contributed by atoms with Crippen molar-refractivity contribution >= 4 is 60.7 Å². The number of Topliss-reactive ketones (excluding diaryl/α,β-unsaturated/α-hetero) is 1. The molecule has 0 bridgehead atoms. The molecule has 2 nitrogen and oxygen atoms in total. The maximum Gasteiger partial charge on any atom is 0.174 e. The van der Waals surface area contributed by atoms with Gasteiger partial charge in [-0.25, -0.2) is 0 Å². The lowest BCUT2D eigenvalue weighted by atomic mass is 10.2. The van der Waals surface area contributed by atoms with Crippen LogP contribution >= 0.6 is 55.0 Å². The molecule has 0 radical (unpaired) electrons. The molecule has 0 unspecified atom stereocenters. The number of rotatable bonds is 4. The first-order chi connectivity index (χ1) is 7.16. The van der Waals surface area contributed by atoms with Crippen molar-refractivity contribution in [2.75, 3.05) is 19.0 Å². The molecule has 15 heavy (non-hydrogen) atoms. The molecule has 2 rings (SSSR count). The molecule has 1 aromatic rings. The third-order valence-corrected chi connectivity index (χ3v) is 5.53. The van der Waals surface area contributed by atoms with Crippen molar-refractivity contribution in [3.8, 4) is 0 Å². The predicted octanol–water partition coefficient (Wildman–Crippen LogP) is 3.59. The average molecular weight is 372 g/mol. The molecule has 1 saturated heterocycles. The van der Waals surface area contributed by atoms with E-state index in [4.69, 9.17) is 4.74 Å². The molecule has 0 N–H and O–H groups in total. The fraction of sp³-hybridized carbons (Fsp3) is 0.444. The third-order valence-electron chi connectivity index (χ3n) is 2.01. The average Bonchev–Trinajstić information content (AvgIpc) is 2.42. The molecule has 1 fully saturated rings. The van der Waals surface area contributed by atoms with E-state index >= 15 is 0 Å². The molecule has 6 heteroatoms. The molecule has 0 saturated carbocycles. The fourth-order valence-electron chi connectivity index (χ4n) is 1.11. The van der Waals surface area contributed by atoms with Gasteiger partial charge in [0.05, 0.1) is 31.8 Å². The van der Waals surface area contributed by atoms with Crippen LogP contribution in [0.5, 0.6) is 0 Å². The zero-order chi connectivity index (χ0) is 10.8. The van der Waals surface area contributed by atoms with E-state index < -0.39 is 0 Å². The van der Waals surface area contributed by atoms with E-state index in [0.717, 1.165) is 26.4 Å². The van der Waals surface area contributed by atoms with E-state index in [1.54, 1.807) is 11.8 Å². The van der Waals surface area contributed by atoms with Crippen LogP contribution in [0.15, 0.2) is 13.6 Å². The van der Waals surface area contributed by atoms with Crippen molar-refractivity contribution in [1.29, 1.82) is 0 Å². The highest BCUT2D eigenvalue weighted by molar-refractivity contribution is 9.12. The van der Waals surface area contributed by atoms with Crippen LogP contribution in [0.3, 0.4) is 0 Å². The topological polar surface area (TPSA) is 26.3 Å². The van der Waals surface area contributed by atoms with Gasteiger partial charge < -0.3 is 4.74 Å². The number of thiophene rings is 1. The minimum absolute atomic E-state index is 0.181. The number of thioether (sulfide) groups is 1. The summed E-state index contributed by atoms with van der Waals surface area (Å²) in [5.74, 6) is 0.719. The Kier molecular flexibility index (Phi) is 4.29. The SMILES string of the molecule is O=C(CSC1COC1)c1cc(Br)sc1Br. The summed E-state index contributed by atoms with van der Waals surface area (Å²) in [6.07, 6.45) is 0. The van der Waals surface area contributed by atoms with Crippen LogP contribution in [-0.4, -0.2) is 30.0 Å². The fourth-order valence-corrected chi connectivity index (χ4v) is 4.90. The summed E-state index contributed by atoms with van der Waals surface area (Å²) in [5.41, 5.74) is 0.777. The van der Waals surface area contributed by atoms with Crippen LogP contribution in [-0.2, 0) is 4.74 Å². The van der Waals surface area contributed by atoms with Gasteiger partial charge in [0.2, 0.25) is 0 Å². The Morgan fingerprint density at radius 3 is 2.80 bits per heavy atom. The summed E-state index contributed by atoms with van der Waals surface area (Å²) in [6.45, 7) is 1.57. The molecule has 1 aromatic heterocycles. The number of ketones is 1. The molecule has 82 valence electrons. The van der Waals surface area contributed by atoms with E-state index in [2.05, 4.69) is 31.9 Å². The van der Waals surface area contributed by atoms with Gasteiger partial charge >= 0.3 is 0 Å². The van der Waals surface area contributed by atoms with Crippen molar-refractivity contribution < 1.29 is 9.53 Å². The Bertz CT molecular complexity index is 374. The largest absolute Gasteiger partial charge is 0.379 e. The Morgan fingerprint density at radius 2 is 2.33 bits per heavy atom. The Hall–Kier alpha value is 0.640. The first kappa shape index (κ1) is 12.1. The monoisotopic (exact) mass is 370 g/mol. The van der Waals surface area contributed by atoms with E-state index in [9.17, 15) is 4.79 Å². The zero-order valence-electron chi connectivity index (χ0n) is 7.66. The van der Waals surface area contributed by atoms with Crippen LogP contribution in [0.25, 0.3) is 0 Å². The minimum atomic E-state index is 0.181. The van der Waals surface area contributed by atoms with Gasteiger partial charge in [-0.1, -0.05) is 0 Å². The van der Waals surface area contributed by atoms with Gasteiger partial charge in [-0.3, -0.25) is 4.79 Å². The maximum absolute atomic E-state index is 11.8. The molecule has 0 atom stereocenters. The van der Waals surface area contributed by atoms with E-state index in [1.807, 2.05) is 6.07 Å². The number of ether oxygens (including phenoxy) is 1. The molecule has 0 aromatic carbocycles. The van der Waals surface area contributed by atoms with Gasteiger partial charge in [-0.2, -0.15) is 0 Å². The molecular formula is C9H8Br2O2S2. The van der Waals surface area contributed by atoms with Crippen molar-refractivity contribution in [3.05, 3.63) is 19.2 Å². The lowest BCUT2D eigenvalue weighted by Gasteiger charge is -2.24. The van der Waals surface area contributed by atoms with Crippen LogP contribution in [0.2, 0.25) is 0 Å². The number of carbonyl (C=O) groups excluding carboxylic acids is 1. The molecular weight excluding hydrogens is 364 g/mol. The molecule has 2 heterocycles. The highest BCUT2D eigenvalue weighted by Gasteiger charge is 2.21. The van der Waals surface area contributed by atoms with Crippen LogP contribution in [0, 0.1) is 0 Å². The van der Waals surface area contributed by atoms with Crippen molar-refractivity contribution in [2.24, 2.45) is 0 Å². The summed E-state index contributed by atoms with van der Waals surface area (Å²) >= 11 is 9.96. The summed E-state index contributed by atoms with van der Waals surface area (Å²) < 4.78 is 6.94. The van der Waals surface area contributed by atoms with E-state index in [-0.39, 0.29) is 5.78 Å². The lowest BCUT2D eigenvalue weighted by molar-refractivity contribution is 0.0455. The predicted molar refractivity (Wildman–Crippen MR) is 71.1 cm³/mol. The van der Waals surface area contributed by atoms with Crippen molar-refractivity contribution in [2.45, 2.75) is 5.25 Å². The second-order valence-corrected chi connectivity index (χ2v) is 8.17. The summed E-state index contributed by atoms with van der Waals surface area (Å²) in [4.78, 5) is 11.8. The summed E-state index contributed by atoms with van der Waals surface area (Å²) in [7, 11) is 0. The number of hydrogen-bond acceptors (Lipinski definition) is 4. The zero-order valence-corrected chi connectivity index (χ0v) is 12.5. The minimum Gasteiger partial charge on any atom is -0.379 e. The Morgan fingerprint density at radius 1 is 1.60 bits per heavy atom. The highest BCUT2D eigenvalue weighted by atomic mass is 79.9. The van der Waals surface area contributed by atoms with Gasteiger partial charge in [-0.05, 0) is 37.9 Å². The number of hydrogen-bond donors (Lipinski definition) is 0. The first-order valence-electron chi connectivity index (χ1n) is 4.34. The van der Waals surface area contributed by atoms with Crippen molar-refractivity contribution in [3.63, 3.8) is 0 Å². The molecule has 0 aliphatic carbocycles. The highest BCUT2D eigenvalue weighted by Crippen LogP contribution is 2.33. The van der Waals surface area contributed by atoms with Crippen LogP contribution < -0.4 is 0 Å². The standard InChI is InChI=1S/C9H8Br2O2S2/c10-8-1-6(9(11)15-8)7(12)4-14-5-2-13-3-5/h1,5H,2-4H2. The summed E-state index contributed by atoms with van der Waals surface area (Å²) in [5, 5.41) is 0.509. The maximum atomic E-state index is 11.8. The number of halogens is 2. The van der Waals surface area contributed by atoms with Gasteiger partial charge in [0.1, 0.15) is 0 Å². The first-order valence-corrected chi connectivity index (χ1v) is 7.79. The molecule has 1 aliphatic rings. The number of carbonyl (C=O) groups is 1. The van der Waals surface area contributed by atoms with Gasteiger partial charge in [0, 0.05) is 5.56 Å². The lowest BCUT2D eigenvalue weighted by Crippen LogP contribution is -2.31. The third kappa shape index (κ3) is 3.06. The second-order valence-electron chi connectivity index (χ2n) is 3.13. The van der Waals surface area contributed by atoms with E-state index in [0.29, 0.717) is 11.0 Å². The molecule has 0 amide bonds. The molecule has 0 spiro atoms. The van der Waals surface area contributed by atoms with E-state index in [1.165, 1.54) is 11.3 Å². The molecule has 1 aliphatic heterocycles. The van der Waals surface area contributed by atoms with Crippen LogP contribution in [0.1, 0.15) is 10.4 Å². The normalized spacial score (nSPS) is 16.4. The quantitative estimate of drug-likeness (QED) is 0.756. The summed E-state index contributed by atoms with van der Waals surface area (Å²) in [6, 6.07) is 1.87. The smallest absolute Gasteiger partial charge is 0.174 e. The van der Waals surface area contributed by atoms with Gasteiger partial charge in [0.25, 0.3) is 0 Å². The Labute approximate surface area is 113 Å². The van der Waals surface area contributed by atoms with Crippen LogP contribution in [0.4, 0.5) is 0 Å². The van der Waals surface area contributed by atoms with Gasteiger partial charge in [-0.15, -0.1) is 23.1 Å². The second kappa shape index (κ2) is 5.31. The Balaban J connectivity index is 1.92. The van der Waals surface area contributed by atoms with Crippen molar-refractivity contribution in [1.82, 2.24) is 0 Å². The van der Waals surface area contributed by atoms with Gasteiger partial charge in [0.15, 0.2) is 5.78 Å².